The number of alkyl halides is 5. The number of aromatic nitrogens is 4. The van der Waals surface area contributed by atoms with Gasteiger partial charge in [-0.3, -0.25) is 4.68 Å². The molecule has 2 aromatic heterocycles. The normalized spacial score (nSPS) is 12.0. The van der Waals surface area contributed by atoms with Crippen molar-refractivity contribution < 1.29 is 31.1 Å². The maximum atomic E-state index is 12.8. The van der Waals surface area contributed by atoms with Crippen LogP contribution in [-0.4, -0.2) is 26.6 Å². The Hall–Kier alpha value is -2.69. The summed E-state index contributed by atoms with van der Waals surface area (Å²) in [6, 6.07) is 5.56. The molecule has 0 N–H and O–H groups in total. The van der Waals surface area contributed by atoms with Crippen LogP contribution in [0.15, 0.2) is 28.7 Å². The highest BCUT2D eigenvalue weighted by atomic mass is 35.5. The maximum absolute atomic E-state index is 12.8. The van der Waals surface area contributed by atoms with Gasteiger partial charge < -0.3 is 9.15 Å². The minimum Gasteiger partial charge on any atom is -0.435 e. The molecular weight excluding hydrogens is 411 g/mol. The van der Waals surface area contributed by atoms with Crippen molar-refractivity contribution in [2.24, 2.45) is 0 Å². The van der Waals surface area contributed by atoms with E-state index in [-0.39, 0.29) is 36.2 Å². The Morgan fingerprint density at radius 2 is 1.86 bits per heavy atom. The van der Waals surface area contributed by atoms with Gasteiger partial charge in [-0.05, 0) is 31.2 Å². The van der Waals surface area contributed by atoms with Crippen LogP contribution in [0.2, 0.25) is 5.02 Å². The van der Waals surface area contributed by atoms with Gasteiger partial charge in [0.2, 0.25) is 11.8 Å². The highest BCUT2D eigenvalue weighted by Gasteiger charge is 2.38. The summed E-state index contributed by atoms with van der Waals surface area (Å²) in [4.78, 5) is 0. The Labute approximate surface area is 159 Å². The Morgan fingerprint density at radius 3 is 2.43 bits per heavy atom. The fraction of sp³-hybridized carbons (Fsp3) is 0.312. The average molecular weight is 423 g/mol. The largest absolute Gasteiger partial charge is 0.436 e. The lowest BCUT2D eigenvalue weighted by Gasteiger charge is -2.04. The molecular formula is C16H12ClF5N4O2. The van der Waals surface area contributed by atoms with Crippen LogP contribution in [0.3, 0.4) is 0 Å². The standard InChI is InChI=1S/C16H12ClF5N4O2/c1-8-12(17)13(16(20,21)22)25-26(8)7-6-11-23-24-14(28-11)9-2-4-10(5-3-9)27-15(18)19/h2-5,15H,6-7H2,1H3. The lowest BCUT2D eigenvalue weighted by molar-refractivity contribution is -0.141. The Morgan fingerprint density at radius 1 is 1.18 bits per heavy atom. The molecule has 0 saturated carbocycles. The van der Waals surface area contributed by atoms with Crippen LogP contribution in [0.5, 0.6) is 5.75 Å². The second-order valence-electron chi connectivity index (χ2n) is 5.62. The molecule has 3 aromatic rings. The molecule has 3 rings (SSSR count). The van der Waals surface area contributed by atoms with Crippen molar-refractivity contribution in [1.82, 2.24) is 20.0 Å². The summed E-state index contributed by atoms with van der Waals surface area (Å²) in [7, 11) is 0. The molecule has 0 aliphatic rings. The van der Waals surface area contributed by atoms with Crippen LogP contribution >= 0.6 is 11.6 Å². The molecule has 2 heterocycles. The second-order valence-corrected chi connectivity index (χ2v) is 6.00. The summed E-state index contributed by atoms with van der Waals surface area (Å²) in [5.41, 5.74) is -0.509. The zero-order valence-corrected chi connectivity index (χ0v) is 14.9. The molecule has 1 aromatic carbocycles. The molecule has 0 unspecified atom stereocenters. The van der Waals surface area contributed by atoms with E-state index in [1.54, 1.807) is 0 Å². The lowest BCUT2D eigenvalue weighted by Crippen LogP contribution is -2.10. The Balaban J connectivity index is 1.69. The third kappa shape index (κ3) is 4.41. The van der Waals surface area contributed by atoms with Gasteiger partial charge in [0.05, 0.1) is 17.3 Å². The number of ether oxygens (including phenoxy) is 1. The third-order valence-electron chi connectivity index (χ3n) is 3.73. The van der Waals surface area contributed by atoms with Crippen molar-refractivity contribution in [1.29, 1.82) is 0 Å². The van der Waals surface area contributed by atoms with Gasteiger partial charge >= 0.3 is 12.8 Å². The smallest absolute Gasteiger partial charge is 0.435 e. The van der Waals surface area contributed by atoms with Gasteiger partial charge in [-0.25, -0.2) is 0 Å². The van der Waals surface area contributed by atoms with Crippen molar-refractivity contribution in [2.45, 2.75) is 32.7 Å². The van der Waals surface area contributed by atoms with Crippen molar-refractivity contribution in [3.8, 4) is 17.2 Å². The number of hydrogen-bond donors (Lipinski definition) is 0. The van der Waals surface area contributed by atoms with E-state index in [2.05, 4.69) is 20.0 Å². The molecule has 0 amide bonds. The SMILES string of the molecule is Cc1c(Cl)c(C(F)(F)F)nn1CCc1nnc(-c2ccc(OC(F)F)cc2)o1. The van der Waals surface area contributed by atoms with Crippen LogP contribution in [0.4, 0.5) is 22.0 Å². The molecule has 0 aliphatic carbocycles. The van der Waals surface area contributed by atoms with Crippen LogP contribution in [0.25, 0.3) is 11.5 Å². The molecule has 0 spiro atoms. The topological polar surface area (TPSA) is 66.0 Å². The van der Waals surface area contributed by atoms with Crippen LogP contribution in [-0.2, 0) is 19.1 Å². The van der Waals surface area contributed by atoms with E-state index in [1.165, 1.54) is 31.2 Å². The average Bonchev–Trinajstić information content (AvgIpc) is 3.19. The van der Waals surface area contributed by atoms with E-state index < -0.39 is 23.5 Å². The molecule has 0 bridgehead atoms. The zero-order chi connectivity index (χ0) is 20.5. The van der Waals surface area contributed by atoms with E-state index in [0.29, 0.717) is 5.56 Å². The Bertz CT molecular complexity index is 953. The lowest BCUT2D eigenvalue weighted by atomic mass is 10.2. The number of halogens is 6. The number of aryl methyl sites for hydroxylation is 2. The van der Waals surface area contributed by atoms with Crippen LogP contribution in [0, 0.1) is 6.92 Å². The van der Waals surface area contributed by atoms with Gasteiger partial charge in [-0.15, -0.1) is 10.2 Å². The van der Waals surface area contributed by atoms with Gasteiger partial charge in [0.15, 0.2) is 5.69 Å². The first-order valence-corrected chi connectivity index (χ1v) is 8.20. The monoisotopic (exact) mass is 422 g/mol. The summed E-state index contributed by atoms with van der Waals surface area (Å²) >= 11 is 5.70. The van der Waals surface area contributed by atoms with Crippen LogP contribution < -0.4 is 4.74 Å². The molecule has 6 nitrogen and oxygen atoms in total. The van der Waals surface area contributed by atoms with E-state index in [1.807, 2.05) is 0 Å². The van der Waals surface area contributed by atoms with Gasteiger partial charge in [-0.2, -0.15) is 27.1 Å². The van der Waals surface area contributed by atoms with E-state index >= 15 is 0 Å². The molecule has 0 aliphatic heterocycles. The number of hydrogen-bond acceptors (Lipinski definition) is 5. The maximum Gasteiger partial charge on any atom is 0.436 e. The molecule has 12 heteroatoms. The van der Waals surface area contributed by atoms with Gasteiger partial charge in [0.1, 0.15) is 5.75 Å². The fourth-order valence-corrected chi connectivity index (χ4v) is 2.62. The van der Waals surface area contributed by atoms with Crippen molar-refractivity contribution >= 4 is 11.6 Å². The molecule has 0 saturated heterocycles. The highest BCUT2D eigenvalue weighted by molar-refractivity contribution is 6.31. The van der Waals surface area contributed by atoms with Crippen LogP contribution in [0.1, 0.15) is 17.3 Å². The first-order valence-electron chi connectivity index (χ1n) is 7.83. The van der Waals surface area contributed by atoms with Crippen molar-refractivity contribution in [3.05, 3.63) is 46.6 Å². The molecule has 0 atom stereocenters. The van der Waals surface area contributed by atoms with E-state index in [4.69, 9.17) is 16.0 Å². The number of benzene rings is 1. The summed E-state index contributed by atoms with van der Waals surface area (Å²) in [6.45, 7) is -1.46. The highest BCUT2D eigenvalue weighted by Crippen LogP contribution is 2.35. The number of nitrogens with zero attached hydrogens (tertiary/aromatic N) is 4. The predicted octanol–water partition coefficient (Wildman–Crippen LogP) is 4.76. The van der Waals surface area contributed by atoms with Crippen molar-refractivity contribution in [2.75, 3.05) is 0 Å². The first kappa shape index (κ1) is 20.1. The van der Waals surface area contributed by atoms with E-state index in [0.717, 1.165) is 4.68 Å². The van der Waals surface area contributed by atoms with Crippen molar-refractivity contribution in [3.63, 3.8) is 0 Å². The molecule has 150 valence electrons. The molecule has 28 heavy (non-hydrogen) atoms. The van der Waals surface area contributed by atoms with Gasteiger partial charge in [0, 0.05) is 12.0 Å². The fourth-order valence-electron chi connectivity index (χ4n) is 2.37. The summed E-state index contributed by atoms with van der Waals surface area (Å²) < 4.78 is 73.6. The van der Waals surface area contributed by atoms with Gasteiger partial charge in [0.25, 0.3) is 0 Å². The predicted molar refractivity (Wildman–Crippen MR) is 87.0 cm³/mol. The molecule has 0 radical (unpaired) electrons. The minimum atomic E-state index is -4.65. The van der Waals surface area contributed by atoms with E-state index in [9.17, 15) is 22.0 Å². The van der Waals surface area contributed by atoms with Gasteiger partial charge in [-0.1, -0.05) is 11.6 Å². The summed E-state index contributed by atoms with van der Waals surface area (Å²) in [5.74, 6) is 0.275. The Kier molecular flexibility index (Phi) is 5.54. The minimum absolute atomic E-state index is 0.0232. The first-order chi connectivity index (χ1) is 13.1. The number of rotatable bonds is 6. The molecule has 0 fully saturated rings. The quantitative estimate of drug-likeness (QED) is 0.536. The summed E-state index contributed by atoms with van der Waals surface area (Å²) in [5, 5.41) is 10.7. The zero-order valence-electron chi connectivity index (χ0n) is 14.2. The second kappa shape index (κ2) is 7.74. The summed E-state index contributed by atoms with van der Waals surface area (Å²) in [6.07, 6.45) is -4.53. The third-order valence-corrected chi connectivity index (χ3v) is 4.19.